The Labute approximate surface area is 159 Å². The van der Waals surface area contributed by atoms with E-state index in [0.717, 1.165) is 12.1 Å². The Bertz CT molecular complexity index is 775. The van der Waals surface area contributed by atoms with Crippen molar-refractivity contribution in [3.8, 4) is 5.69 Å². The third-order valence-corrected chi connectivity index (χ3v) is 6.48. The van der Waals surface area contributed by atoms with E-state index >= 15 is 0 Å². The van der Waals surface area contributed by atoms with Crippen molar-refractivity contribution in [3.63, 3.8) is 0 Å². The van der Waals surface area contributed by atoms with Crippen LogP contribution in [-0.2, 0) is 4.79 Å². The average Bonchev–Trinajstić information content (AvgIpc) is 3.08. The lowest BCUT2D eigenvalue weighted by molar-refractivity contribution is -0.120. The van der Waals surface area contributed by atoms with Crippen molar-refractivity contribution < 1.29 is 4.79 Å². The number of hydrogen-bond donors (Lipinski definition) is 1. The Kier molecular flexibility index (Phi) is 5.96. The summed E-state index contributed by atoms with van der Waals surface area (Å²) in [5.41, 5.74) is 3.33. The predicted molar refractivity (Wildman–Crippen MR) is 103 cm³/mol. The van der Waals surface area contributed by atoms with Gasteiger partial charge < -0.3 is 5.32 Å². The monoisotopic (exact) mass is 373 g/mol. The van der Waals surface area contributed by atoms with E-state index in [4.69, 9.17) is 0 Å². The molecule has 0 unspecified atom stereocenters. The summed E-state index contributed by atoms with van der Waals surface area (Å²) in [5.74, 6) is 1.57. The van der Waals surface area contributed by atoms with Gasteiger partial charge in [-0.25, -0.2) is 0 Å². The molecular weight excluding hydrogens is 346 g/mol. The number of benzene rings is 1. The molecule has 7 heteroatoms. The second-order valence-electron chi connectivity index (χ2n) is 7.37. The molecule has 0 saturated heterocycles. The first-order chi connectivity index (χ1) is 12.5. The molecule has 1 aromatic carbocycles. The summed E-state index contributed by atoms with van der Waals surface area (Å²) in [6.07, 6.45) is 3.52. The van der Waals surface area contributed by atoms with Crippen LogP contribution in [-0.4, -0.2) is 37.9 Å². The average molecular weight is 374 g/mol. The highest BCUT2D eigenvalue weighted by Gasteiger charge is 2.28. The van der Waals surface area contributed by atoms with Crippen LogP contribution in [0.2, 0.25) is 0 Å². The molecule has 6 nitrogen and oxygen atoms in total. The number of carbonyl (C=O) groups is 1. The van der Waals surface area contributed by atoms with Crippen LogP contribution in [0.3, 0.4) is 0 Å². The van der Waals surface area contributed by atoms with Crippen molar-refractivity contribution in [1.82, 2.24) is 25.5 Å². The SMILES string of the molecule is Cc1ccc(-n2nnnc2SCC(=O)N[C@@H]2CCC[C@@H](C)[C@@H]2C)cc1C. The van der Waals surface area contributed by atoms with Crippen LogP contribution in [0.5, 0.6) is 0 Å². The summed E-state index contributed by atoms with van der Waals surface area (Å²) in [7, 11) is 0. The molecule has 26 heavy (non-hydrogen) atoms. The lowest BCUT2D eigenvalue weighted by Gasteiger charge is -2.34. The number of carbonyl (C=O) groups excluding carboxylic acids is 1. The molecule has 0 radical (unpaired) electrons. The Morgan fingerprint density at radius 3 is 2.85 bits per heavy atom. The van der Waals surface area contributed by atoms with Crippen LogP contribution in [0.25, 0.3) is 5.69 Å². The number of nitrogens with zero attached hydrogens (tertiary/aromatic N) is 4. The smallest absolute Gasteiger partial charge is 0.230 e. The minimum absolute atomic E-state index is 0.0515. The van der Waals surface area contributed by atoms with Crippen LogP contribution < -0.4 is 5.32 Å². The van der Waals surface area contributed by atoms with E-state index in [1.54, 1.807) is 4.68 Å². The zero-order chi connectivity index (χ0) is 18.7. The van der Waals surface area contributed by atoms with Gasteiger partial charge in [-0.1, -0.05) is 44.5 Å². The first-order valence-corrected chi connectivity index (χ1v) is 10.2. The predicted octanol–water partition coefficient (Wildman–Crippen LogP) is 3.31. The molecule has 0 bridgehead atoms. The zero-order valence-corrected chi connectivity index (χ0v) is 16.7. The van der Waals surface area contributed by atoms with E-state index in [9.17, 15) is 4.79 Å². The summed E-state index contributed by atoms with van der Waals surface area (Å²) in [5, 5.41) is 15.8. The summed E-state index contributed by atoms with van der Waals surface area (Å²) in [6.45, 7) is 8.65. The fourth-order valence-corrected chi connectivity index (χ4v) is 4.15. The molecule has 1 aromatic heterocycles. The van der Waals surface area contributed by atoms with Gasteiger partial charge in [-0.3, -0.25) is 4.79 Å². The molecule has 3 rings (SSSR count). The summed E-state index contributed by atoms with van der Waals surface area (Å²) < 4.78 is 1.69. The molecule has 1 saturated carbocycles. The van der Waals surface area contributed by atoms with Crippen LogP contribution in [0.1, 0.15) is 44.2 Å². The molecular formula is C19H27N5OS. The molecule has 3 atom stereocenters. The van der Waals surface area contributed by atoms with Gasteiger partial charge in [0.2, 0.25) is 11.1 Å². The van der Waals surface area contributed by atoms with Crippen molar-refractivity contribution in [3.05, 3.63) is 29.3 Å². The highest BCUT2D eigenvalue weighted by molar-refractivity contribution is 7.99. The Balaban J connectivity index is 1.61. The number of aromatic nitrogens is 4. The van der Waals surface area contributed by atoms with Crippen molar-refractivity contribution in [2.45, 2.75) is 58.2 Å². The number of amides is 1. The lowest BCUT2D eigenvalue weighted by atomic mass is 9.78. The van der Waals surface area contributed by atoms with E-state index in [2.05, 4.69) is 60.7 Å². The normalized spacial score (nSPS) is 23.0. The molecule has 140 valence electrons. The summed E-state index contributed by atoms with van der Waals surface area (Å²) in [4.78, 5) is 12.4. The van der Waals surface area contributed by atoms with Crippen LogP contribution in [0, 0.1) is 25.7 Å². The Hall–Kier alpha value is -1.89. The van der Waals surface area contributed by atoms with Crippen LogP contribution >= 0.6 is 11.8 Å². The number of rotatable bonds is 5. The standard InChI is InChI=1S/C19H27N5OS/c1-12-8-9-16(10-14(12)3)24-19(21-22-23-24)26-11-18(25)20-17-7-5-6-13(2)15(17)4/h8-10,13,15,17H,5-7,11H2,1-4H3,(H,20,25)/t13-,15+,17-/m1/s1. The van der Waals surface area contributed by atoms with Gasteiger partial charge in [0.15, 0.2) is 0 Å². The largest absolute Gasteiger partial charge is 0.352 e. The zero-order valence-electron chi connectivity index (χ0n) is 15.9. The lowest BCUT2D eigenvalue weighted by Crippen LogP contribution is -2.44. The third-order valence-electron chi connectivity index (χ3n) is 5.56. The van der Waals surface area contributed by atoms with Gasteiger partial charge in [0.05, 0.1) is 11.4 Å². The second-order valence-corrected chi connectivity index (χ2v) is 8.31. The third kappa shape index (κ3) is 4.26. The minimum Gasteiger partial charge on any atom is -0.352 e. The van der Waals surface area contributed by atoms with Crippen molar-refractivity contribution in [2.75, 3.05) is 5.75 Å². The maximum atomic E-state index is 12.4. The number of aryl methyl sites for hydroxylation is 2. The molecule has 1 amide bonds. The number of tetrazole rings is 1. The molecule has 2 aromatic rings. The van der Waals surface area contributed by atoms with Crippen LogP contribution in [0.15, 0.2) is 23.4 Å². The topological polar surface area (TPSA) is 72.7 Å². The molecule has 0 aliphatic heterocycles. The van der Waals surface area contributed by atoms with E-state index in [1.165, 1.54) is 35.7 Å². The van der Waals surface area contributed by atoms with Crippen LogP contribution in [0.4, 0.5) is 0 Å². The molecule has 1 heterocycles. The van der Waals surface area contributed by atoms with Gasteiger partial charge in [0, 0.05) is 6.04 Å². The van der Waals surface area contributed by atoms with Gasteiger partial charge in [0.1, 0.15) is 0 Å². The van der Waals surface area contributed by atoms with E-state index in [0.29, 0.717) is 22.7 Å². The molecule has 1 fully saturated rings. The van der Waals surface area contributed by atoms with Gasteiger partial charge in [-0.05, 0) is 65.8 Å². The highest BCUT2D eigenvalue weighted by Crippen LogP contribution is 2.29. The maximum absolute atomic E-state index is 12.4. The first-order valence-electron chi connectivity index (χ1n) is 9.24. The summed E-state index contributed by atoms with van der Waals surface area (Å²) >= 11 is 1.37. The number of nitrogens with one attached hydrogen (secondary N) is 1. The number of hydrogen-bond acceptors (Lipinski definition) is 5. The van der Waals surface area contributed by atoms with Gasteiger partial charge in [-0.15, -0.1) is 5.10 Å². The first kappa shape index (κ1) is 18.9. The quantitative estimate of drug-likeness (QED) is 0.814. The Morgan fingerprint density at radius 1 is 1.27 bits per heavy atom. The van der Waals surface area contributed by atoms with Gasteiger partial charge in [0.25, 0.3) is 0 Å². The van der Waals surface area contributed by atoms with E-state index < -0.39 is 0 Å². The highest BCUT2D eigenvalue weighted by atomic mass is 32.2. The summed E-state index contributed by atoms with van der Waals surface area (Å²) in [6, 6.07) is 6.39. The van der Waals surface area contributed by atoms with Gasteiger partial charge in [-0.2, -0.15) is 4.68 Å². The van der Waals surface area contributed by atoms with Crippen molar-refractivity contribution >= 4 is 17.7 Å². The molecule has 0 spiro atoms. The van der Waals surface area contributed by atoms with Crippen molar-refractivity contribution in [2.24, 2.45) is 11.8 Å². The maximum Gasteiger partial charge on any atom is 0.230 e. The fourth-order valence-electron chi connectivity index (χ4n) is 3.45. The Morgan fingerprint density at radius 2 is 2.08 bits per heavy atom. The van der Waals surface area contributed by atoms with Crippen molar-refractivity contribution in [1.29, 1.82) is 0 Å². The second kappa shape index (κ2) is 8.20. The minimum atomic E-state index is 0.0515. The molecule has 1 N–H and O–H groups in total. The van der Waals surface area contributed by atoms with E-state index in [-0.39, 0.29) is 11.9 Å². The van der Waals surface area contributed by atoms with E-state index in [1.807, 2.05) is 6.07 Å². The molecule has 1 aliphatic carbocycles. The molecule has 1 aliphatic rings. The fraction of sp³-hybridized carbons (Fsp3) is 0.579. The number of thioether (sulfide) groups is 1. The van der Waals surface area contributed by atoms with Gasteiger partial charge >= 0.3 is 0 Å².